The number of fused-ring (bicyclic) bond motifs is 1. The quantitative estimate of drug-likeness (QED) is 0.702. The van der Waals surface area contributed by atoms with Crippen molar-refractivity contribution in [2.75, 3.05) is 11.9 Å². The minimum atomic E-state index is -0.152. The topological polar surface area (TPSA) is 12.0 Å². The summed E-state index contributed by atoms with van der Waals surface area (Å²) in [6.07, 6.45) is 0.910. The molecule has 0 spiro atoms. The first-order valence-corrected chi connectivity index (χ1v) is 4.29. The molecule has 1 N–H and O–H groups in total. The highest BCUT2D eigenvalue weighted by Crippen LogP contribution is 2.31. The molecule has 1 aromatic carbocycles. The van der Waals surface area contributed by atoms with Crippen LogP contribution in [0.4, 0.5) is 10.1 Å². The van der Waals surface area contributed by atoms with Crippen molar-refractivity contribution in [3.05, 3.63) is 28.0 Å². The van der Waals surface area contributed by atoms with Gasteiger partial charge < -0.3 is 5.32 Å². The van der Waals surface area contributed by atoms with Gasteiger partial charge in [0.15, 0.2) is 0 Å². The van der Waals surface area contributed by atoms with E-state index in [2.05, 4.69) is 21.2 Å². The number of nitrogens with one attached hydrogen (secondary N) is 1. The molecule has 0 fully saturated rings. The van der Waals surface area contributed by atoms with Gasteiger partial charge in [-0.05, 0) is 24.1 Å². The van der Waals surface area contributed by atoms with E-state index in [-0.39, 0.29) is 5.82 Å². The molecular weight excluding hydrogens is 209 g/mol. The van der Waals surface area contributed by atoms with Gasteiger partial charge >= 0.3 is 0 Å². The summed E-state index contributed by atoms with van der Waals surface area (Å²) in [4.78, 5) is 0. The van der Waals surface area contributed by atoms with Crippen LogP contribution in [-0.2, 0) is 6.42 Å². The van der Waals surface area contributed by atoms with Crippen LogP contribution in [0.15, 0.2) is 16.6 Å². The first-order chi connectivity index (χ1) is 5.29. The van der Waals surface area contributed by atoms with Crippen molar-refractivity contribution in [3.8, 4) is 0 Å². The van der Waals surface area contributed by atoms with Gasteiger partial charge in [-0.2, -0.15) is 0 Å². The Morgan fingerprint density at radius 1 is 1.45 bits per heavy atom. The smallest absolute Gasteiger partial charge is 0.146 e. The molecule has 1 heterocycles. The van der Waals surface area contributed by atoms with Crippen LogP contribution in [0.2, 0.25) is 0 Å². The first-order valence-electron chi connectivity index (χ1n) is 3.50. The maximum absolute atomic E-state index is 13.0. The maximum atomic E-state index is 13.0. The van der Waals surface area contributed by atoms with Gasteiger partial charge in [0.1, 0.15) is 5.82 Å². The highest BCUT2D eigenvalue weighted by atomic mass is 79.9. The van der Waals surface area contributed by atoms with Gasteiger partial charge in [0, 0.05) is 11.0 Å². The lowest BCUT2D eigenvalue weighted by Gasteiger charge is -2.01. The summed E-state index contributed by atoms with van der Waals surface area (Å²) in [5.74, 6) is -0.152. The van der Waals surface area contributed by atoms with Gasteiger partial charge in [0.2, 0.25) is 0 Å². The third-order valence-corrected chi connectivity index (χ3v) is 2.62. The first kappa shape index (κ1) is 7.10. The molecule has 0 saturated carbocycles. The second kappa shape index (κ2) is 2.48. The number of rotatable bonds is 0. The molecule has 0 unspecified atom stereocenters. The lowest BCUT2D eigenvalue weighted by atomic mass is 10.2. The molecule has 2 rings (SSSR count). The predicted octanol–water partition coefficient (Wildman–Crippen LogP) is 2.56. The van der Waals surface area contributed by atoms with Crippen molar-refractivity contribution >= 4 is 21.6 Å². The molecule has 58 valence electrons. The standard InChI is InChI=1S/C8H7BrFN/c9-6-1-2-7(10)8-5(6)3-4-11-8/h1-2,11H,3-4H2. The summed E-state index contributed by atoms with van der Waals surface area (Å²) in [6.45, 7) is 0.842. The fourth-order valence-corrected chi connectivity index (χ4v) is 1.87. The van der Waals surface area contributed by atoms with E-state index >= 15 is 0 Å². The van der Waals surface area contributed by atoms with Crippen LogP contribution in [0.3, 0.4) is 0 Å². The van der Waals surface area contributed by atoms with Crippen LogP contribution in [0.1, 0.15) is 5.56 Å². The van der Waals surface area contributed by atoms with E-state index in [0.717, 1.165) is 23.0 Å². The zero-order valence-electron chi connectivity index (χ0n) is 5.82. The zero-order chi connectivity index (χ0) is 7.84. The molecule has 0 bridgehead atoms. The van der Waals surface area contributed by atoms with Crippen molar-refractivity contribution < 1.29 is 4.39 Å². The van der Waals surface area contributed by atoms with Gasteiger partial charge in [-0.25, -0.2) is 4.39 Å². The van der Waals surface area contributed by atoms with Crippen LogP contribution in [0, 0.1) is 5.82 Å². The van der Waals surface area contributed by atoms with Crippen LogP contribution in [0.5, 0.6) is 0 Å². The lowest BCUT2D eigenvalue weighted by molar-refractivity contribution is 0.631. The van der Waals surface area contributed by atoms with E-state index in [4.69, 9.17) is 0 Å². The Morgan fingerprint density at radius 2 is 2.27 bits per heavy atom. The SMILES string of the molecule is Fc1ccc(Br)c2c1NCC2. The van der Waals surface area contributed by atoms with Crippen molar-refractivity contribution in [1.29, 1.82) is 0 Å². The van der Waals surface area contributed by atoms with Gasteiger partial charge in [-0.3, -0.25) is 0 Å². The van der Waals surface area contributed by atoms with E-state index in [9.17, 15) is 4.39 Å². The normalized spacial score (nSPS) is 14.4. The van der Waals surface area contributed by atoms with Gasteiger partial charge in [0.05, 0.1) is 5.69 Å². The highest BCUT2D eigenvalue weighted by Gasteiger charge is 2.16. The maximum Gasteiger partial charge on any atom is 0.146 e. The third-order valence-electron chi connectivity index (χ3n) is 1.88. The van der Waals surface area contributed by atoms with Crippen molar-refractivity contribution in [2.24, 2.45) is 0 Å². The van der Waals surface area contributed by atoms with E-state index in [1.165, 1.54) is 6.07 Å². The van der Waals surface area contributed by atoms with Gasteiger partial charge in [-0.1, -0.05) is 15.9 Å². The molecule has 11 heavy (non-hydrogen) atoms. The van der Waals surface area contributed by atoms with Crippen molar-refractivity contribution in [1.82, 2.24) is 0 Å². The molecule has 3 heteroatoms. The number of hydrogen-bond donors (Lipinski definition) is 1. The summed E-state index contributed by atoms with van der Waals surface area (Å²) >= 11 is 3.37. The predicted molar refractivity (Wildman–Crippen MR) is 46.3 cm³/mol. The fourth-order valence-electron chi connectivity index (χ4n) is 1.34. The Hall–Kier alpha value is -0.570. The summed E-state index contributed by atoms with van der Waals surface area (Å²) in [7, 11) is 0. The molecule has 1 aromatic rings. The van der Waals surface area contributed by atoms with Crippen LogP contribution in [0.25, 0.3) is 0 Å². The summed E-state index contributed by atoms with van der Waals surface area (Å²) < 4.78 is 14.0. The minimum absolute atomic E-state index is 0.152. The number of hydrogen-bond acceptors (Lipinski definition) is 1. The highest BCUT2D eigenvalue weighted by molar-refractivity contribution is 9.10. The zero-order valence-corrected chi connectivity index (χ0v) is 7.41. The molecule has 0 amide bonds. The Morgan fingerprint density at radius 3 is 3.00 bits per heavy atom. The Balaban J connectivity index is 2.64. The van der Waals surface area contributed by atoms with Crippen molar-refractivity contribution in [2.45, 2.75) is 6.42 Å². The monoisotopic (exact) mass is 215 g/mol. The molecule has 1 aliphatic rings. The van der Waals surface area contributed by atoms with Gasteiger partial charge in [-0.15, -0.1) is 0 Å². The molecular formula is C8H7BrFN. The number of anilines is 1. The lowest BCUT2D eigenvalue weighted by Crippen LogP contribution is -1.92. The number of benzene rings is 1. The summed E-state index contributed by atoms with van der Waals surface area (Å²) in [5.41, 5.74) is 1.73. The molecule has 0 aliphatic carbocycles. The Bertz CT molecular complexity index is 269. The van der Waals surface area contributed by atoms with E-state index in [1.807, 2.05) is 0 Å². The van der Waals surface area contributed by atoms with E-state index in [0.29, 0.717) is 5.69 Å². The minimum Gasteiger partial charge on any atom is -0.382 e. The molecule has 0 atom stereocenters. The Kier molecular flexibility index (Phi) is 1.60. The number of halogens is 2. The van der Waals surface area contributed by atoms with Gasteiger partial charge in [0.25, 0.3) is 0 Å². The average molecular weight is 216 g/mol. The second-order valence-corrected chi connectivity index (χ2v) is 3.41. The van der Waals surface area contributed by atoms with Crippen LogP contribution < -0.4 is 5.32 Å². The largest absolute Gasteiger partial charge is 0.382 e. The summed E-state index contributed by atoms with van der Waals surface area (Å²) in [6, 6.07) is 3.22. The van der Waals surface area contributed by atoms with Crippen LogP contribution >= 0.6 is 15.9 Å². The molecule has 1 nitrogen and oxygen atoms in total. The fraction of sp³-hybridized carbons (Fsp3) is 0.250. The van der Waals surface area contributed by atoms with E-state index in [1.54, 1.807) is 6.07 Å². The Labute approximate surface area is 72.7 Å². The van der Waals surface area contributed by atoms with E-state index < -0.39 is 0 Å². The van der Waals surface area contributed by atoms with Crippen molar-refractivity contribution in [3.63, 3.8) is 0 Å². The third kappa shape index (κ3) is 1.03. The molecule has 1 aliphatic heterocycles. The molecule has 0 radical (unpaired) electrons. The second-order valence-electron chi connectivity index (χ2n) is 2.56. The van der Waals surface area contributed by atoms with Crippen LogP contribution in [-0.4, -0.2) is 6.54 Å². The summed E-state index contributed by atoms with van der Waals surface area (Å²) in [5, 5.41) is 3.00. The average Bonchev–Trinajstić information content (AvgIpc) is 2.45. The molecule has 0 saturated heterocycles. The molecule has 0 aromatic heterocycles.